The zero-order valence-corrected chi connectivity index (χ0v) is 8.91. The zero-order chi connectivity index (χ0) is 10.1. The SMILES string of the molecule is COCCOC(C)CC(OC)OC. The summed E-state index contributed by atoms with van der Waals surface area (Å²) in [6.07, 6.45) is 0.675. The van der Waals surface area contributed by atoms with Gasteiger partial charge in [-0.15, -0.1) is 0 Å². The molecule has 0 spiro atoms. The summed E-state index contributed by atoms with van der Waals surface area (Å²) in [5, 5.41) is 0. The van der Waals surface area contributed by atoms with E-state index >= 15 is 0 Å². The number of hydrogen-bond acceptors (Lipinski definition) is 4. The van der Waals surface area contributed by atoms with E-state index in [0.29, 0.717) is 13.2 Å². The summed E-state index contributed by atoms with van der Waals surface area (Å²) in [4.78, 5) is 0. The van der Waals surface area contributed by atoms with E-state index in [1.54, 1.807) is 21.3 Å². The minimum absolute atomic E-state index is 0.125. The molecule has 0 fully saturated rings. The van der Waals surface area contributed by atoms with Crippen molar-refractivity contribution in [1.82, 2.24) is 0 Å². The first-order valence-corrected chi connectivity index (χ1v) is 4.40. The van der Waals surface area contributed by atoms with Gasteiger partial charge >= 0.3 is 0 Å². The van der Waals surface area contributed by atoms with E-state index in [0.717, 1.165) is 6.42 Å². The summed E-state index contributed by atoms with van der Waals surface area (Å²) < 4.78 is 20.4. The van der Waals surface area contributed by atoms with Crippen LogP contribution in [0.4, 0.5) is 0 Å². The van der Waals surface area contributed by atoms with Gasteiger partial charge in [0.15, 0.2) is 6.29 Å². The molecule has 0 aliphatic rings. The van der Waals surface area contributed by atoms with E-state index in [-0.39, 0.29) is 12.4 Å². The van der Waals surface area contributed by atoms with E-state index in [1.165, 1.54) is 0 Å². The van der Waals surface area contributed by atoms with Gasteiger partial charge in [0.2, 0.25) is 0 Å². The van der Waals surface area contributed by atoms with Crippen molar-refractivity contribution in [3.8, 4) is 0 Å². The molecule has 13 heavy (non-hydrogen) atoms. The lowest BCUT2D eigenvalue weighted by molar-refractivity contribution is -0.129. The number of hydrogen-bond donors (Lipinski definition) is 0. The maximum absolute atomic E-state index is 5.43. The van der Waals surface area contributed by atoms with E-state index in [9.17, 15) is 0 Å². The molecular formula is C9H20O4. The van der Waals surface area contributed by atoms with Gasteiger partial charge in [-0.05, 0) is 6.92 Å². The highest BCUT2D eigenvalue weighted by atomic mass is 16.7. The van der Waals surface area contributed by atoms with Gasteiger partial charge in [0, 0.05) is 27.8 Å². The van der Waals surface area contributed by atoms with E-state index in [1.807, 2.05) is 6.92 Å². The lowest BCUT2D eigenvalue weighted by atomic mass is 10.3. The van der Waals surface area contributed by atoms with Gasteiger partial charge in [0.1, 0.15) is 0 Å². The minimum atomic E-state index is -0.183. The lowest BCUT2D eigenvalue weighted by Crippen LogP contribution is -2.22. The Labute approximate surface area is 80.1 Å². The van der Waals surface area contributed by atoms with Crippen LogP contribution in [0.2, 0.25) is 0 Å². The fourth-order valence-corrected chi connectivity index (χ4v) is 0.960. The second kappa shape index (κ2) is 8.44. The number of rotatable bonds is 8. The fourth-order valence-electron chi connectivity index (χ4n) is 0.960. The third-order valence-corrected chi connectivity index (χ3v) is 1.74. The van der Waals surface area contributed by atoms with Crippen LogP contribution in [0.5, 0.6) is 0 Å². The van der Waals surface area contributed by atoms with Gasteiger partial charge in [0.05, 0.1) is 19.3 Å². The molecule has 0 saturated carbocycles. The Morgan fingerprint density at radius 2 is 1.62 bits per heavy atom. The maximum Gasteiger partial charge on any atom is 0.159 e. The Bertz CT molecular complexity index is 104. The van der Waals surface area contributed by atoms with E-state index in [4.69, 9.17) is 18.9 Å². The molecule has 80 valence electrons. The predicted octanol–water partition coefficient (Wildman–Crippen LogP) is 1.05. The molecule has 4 nitrogen and oxygen atoms in total. The van der Waals surface area contributed by atoms with Crippen molar-refractivity contribution >= 4 is 0 Å². The highest BCUT2D eigenvalue weighted by Crippen LogP contribution is 2.05. The van der Waals surface area contributed by atoms with Crippen molar-refractivity contribution in [1.29, 1.82) is 0 Å². The molecule has 0 N–H and O–H groups in total. The molecule has 0 aliphatic carbocycles. The highest BCUT2D eigenvalue weighted by molar-refractivity contribution is 4.53. The molecule has 0 aromatic heterocycles. The van der Waals surface area contributed by atoms with Crippen molar-refractivity contribution in [2.24, 2.45) is 0 Å². The Morgan fingerprint density at radius 3 is 2.08 bits per heavy atom. The molecule has 0 aromatic rings. The van der Waals surface area contributed by atoms with E-state index in [2.05, 4.69) is 0 Å². The average Bonchev–Trinajstić information content (AvgIpc) is 2.14. The normalized spacial score (nSPS) is 13.6. The van der Waals surface area contributed by atoms with Crippen LogP contribution in [-0.4, -0.2) is 46.9 Å². The molecule has 0 saturated heterocycles. The maximum atomic E-state index is 5.43. The molecule has 0 aromatic carbocycles. The average molecular weight is 192 g/mol. The minimum Gasteiger partial charge on any atom is -0.382 e. The summed E-state index contributed by atoms with van der Waals surface area (Å²) in [6.45, 7) is 3.22. The lowest BCUT2D eigenvalue weighted by Gasteiger charge is -2.18. The van der Waals surface area contributed by atoms with Gasteiger partial charge in [0.25, 0.3) is 0 Å². The van der Waals surface area contributed by atoms with Crippen LogP contribution in [0, 0.1) is 0 Å². The van der Waals surface area contributed by atoms with Crippen molar-refractivity contribution in [3.05, 3.63) is 0 Å². The highest BCUT2D eigenvalue weighted by Gasteiger charge is 2.11. The first-order valence-electron chi connectivity index (χ1n) is 4.40. The third-order valence-electron chi connectivity index (χ3n) is 1.74. The van der Waals surface area contributed by atoms with Crippen LogP contribution in [0.25, 0.3) is 0 Å². The van der Waals surface area contributed by atoms with Crippen molar-refractivity contribution in [2.75, 3.05) is 34.5 Å². The van der Waals surface area contributed by atoms with Crippen LogP contribution in [0.15, 0.2) is 0 Å². The molecule has 0 rings (SSSR count). The Balaban J connectivity index is 3.42. The van der Waals surface area contributed by atoms with Gasteiger partial charge in [-0.2, -0.15) is 0 Å². The van der Waals surface area contributed by atoms with Crippen LogP contribution in [-0.2, 0) is 18.9 Å². The smallest absolute Gasteiger partial charge is 0.159 e. The molecular weight excluding hydrogens is 172 g/mol. The quantitative estimate of drug-likeness (QED) is 0.425. The largest absolute Gasteiger partial charge is 0.382 e. The van der Waals surface area contributed by atoms with Crippen LogP contribution < -0.4 is 0 Å². The molecule has 0 amide bonds. The first-order chi connectivity index (χ1) is 6.24. The summed E-state index contributed by atoms with van der Waals surface area (Å²) in [5.74, 6) is 0. The van der Waals surface area contributed by atoms with Gasteiger partial charge in [-0.25, -0.2) is 0 Å². The van der Waals surface area contributed by atoms with Crippen molar-refractivity contribution < 1.29 is 18.9 Å². The molecule has 1 unspecified atom stereocenters. The topological polar surface area (TPSA) is 36.9 Å². The summed E-state index contributed by atoms with van der Waals surface area (Å²) >= 11 is 0. The van der Waals surface area contributed by atoms with Crippen LogP contribution >= 0.6 is 0 Å². The third kappa shape index (κ3) is 6.95. The molecule has 0 aliphatic heterocycles. The molecule has 0 radical (unpaired) electrons. The molecule has 0 heterocycles. The first kappa shape index (κ1) is 12.8. The standard InChI is InChI=1S/C9H20O4/c1-8(13-6-5-10-2)7-9(11-3)12-4/h8-9H,5-7H2,1-4H3. The van der Waals surface area contributed by atoms with Crippen LogP contribution in [0.3, 0.4) is 0 Å². The monoisotopic (exact) mass is 192 g/mol. The Kier molecular flexibility index (Phi) is 8.33. The van der Waals surface area contributed by atoms with Crippen LogP contribution in [0.1, 0.15) is 13.3 Å². The second-order valence-corrected chi connectivity index (χ2v) is 2.81. The predicted molar refractivity (Wildman–Crippen MR) is 49.7 cm³/mol. The Hall–Kier alpha value is -0.160. The van der Waals surface area contributed by atoms with Crippen molar-refractivity contribution in [3.63, 3.8) is 0 Å². The number of methoxy groups -OCH3 is 3. The summed E-state index contributed by atoms with van der Waals surface area (Å²) in [7, 11) is 4.90. The Morgan fingerprint density at radius 1 is 1.00 bits per heavy atom. The zero-order valence-electron chi connectivity index (χ0n) is 8.91. The van der Waals surface area contributed by atoms with E-state index < -0.39 is 0 Å². The van der Waals surface area contributed by atoms with Gasteiger partial charge in [-0.1, -0.05) is 0 Å². The molecule has 0 bridgehead atoms. The van der Waals surface area contributed by atoms with Crippen molar-refractivity contribution in [2.45, 2.75) is 25.7 Å². The molecule has 4 heteroatoms. The summed E-state index contributed by atoms with van der Waals surface area (Å²) in [5.41, 5.74) is 0. The summed E-state index contributed by atoms with van der Waals surface area (Å²) in [6, 6.07) is 0. The number of ether oxygens (including phenoxy) is 4. The fraction of sp³-hybridized carbons (Fsp3) is 1.00. The van der Waals surface area contributed by atoms with Gasteiger partial charge < -0.3 is 18.9 Å². The van der Waals surface area contributed by atoms with Gasteiger partial charge in [-0.3, -0.25) is 0 Å². The second-order valence-electron chi connectivity index (χ2n) is 2.81. The molecule has 1 atom stereocenters.